The lowest BCUT2D eigenvalue weighted by Crippen LogP contribution is -2.37. The van der Waals surface area contributed by atoms with Gasteiger partial charge in [0.15, 0.2) is 0 Å². The van der Waals surface area contributed by atoms with Crippen molar-refractivity contribution >= 4 is 5.91 Å². The van der Waals surface area contributed by atoms with E-state index in [9.17, 15) is 4.79 Å². The van der Waals surface area contributed by atoms with Gasteiger partial charge in [0.1, 0.15) is 0 Å². The lowest BCUT2D eigenvalue weighted by atomic mass is 10.0. The zero-order valence-electron chi connectivity index (χ0n) is 12.7. The second kappa shape index (κ2) is 7.13. The van der Waals surface area contributed by atoms with Crippen molar-refractivity contribution < 1.29 is 4.79 Å². The van der Waals surface area contributed by atoms with E-state index in [1.54, 1.807) is 0 Å². The third-order valence-electron chi connectivity index (χ3n) is 3.63. The quantitative estimate of drug-likeness (QED) is 0.757. The van der Waals surface area contributed by atoms with Crippen LogP contribution in [0.25, 0.3) is 0 Å². The molecule has 1 rings (SSSR count). The molecule has 0 aromatic heterocycles. The molecule has 1 amide bonds. The Morgan fingerprint density at radius 3 is 2.39 bits per heavy atom. The Balaban J connectivity index is 2.51. The van der Waals surface area contributed by atoms with Gasteiger partial charge in [0.25, 0.3) is 0 Å². The van der Waals surface area contributed by atoms with E-state index in [-0.39, 0.29) is 12.2 Å². The summed E-state index contributed by atoms with van der Waals surface area (Å²) in [6.45, 7) is 11.9. The molecule has 0 aliphatic carbocycles. The maximum atomic E-state index is 12.3. The van der Waals surface area contributed by atoms with Crippen LogP contribution in [0.5, 0.6) is 0 Å². The standard InChI is InChI=1S/C15H30N2O/c1-6-14-16-13(10-12(4)5)15(18)17(14)9-7-8-11(2)3/h11-14,16H,6-10H2,1-5H3. The van der Waals surface area contributed by atoms with Crippen LogP contribution in [0.15, 0.2) is 0 Å². The van der Waals surface area contributed by atoms with Gasteiger partial charge in [-0.25, -0.2) is 0 Å². The van der Waals surface area contributed by atoms with Gasteiger partial charge in [-0.1, -0.05) is 34.6 Å². The van der Waals surface area contributed by atoms with Gasteiger partial charge >= 0.3 is 0 Å². The Morgan fingerprint density at radius 2 is 1.89 bits per heavy atom. The molecule has 1 heterocycles. The van der Waals surface area contributed by atoms with Crippen LogP contribution >= 0.6 is 0 Å². The highest BCUT2D eigenvalue weighted by atomic mass is 16.2. The molecular formula is C15H30N2O. The summed E-state index contributed by atoms with van der Waals surface area (Å²) in [6.07, 6.45) is 4.54. The molecule has 106 valence electrons. The van der Waals surface area contributed by atoms with Crippen LogP contribution in [-0.4, -0.2) is 29.6 Å². The molecule has 0 aromatic rings. The van der Waals surface area contributed by atoms with Crippen LogP contribution < -0.4 is 5.32 Å². The molecule has 0 saturated carbocycles. The molecule has 0 aromatic carbocycles. The fraction of sp³-hybridized carbons (Fsp3) is 0.933. The van der Waals surface area contributed by atoms with E-state index in [1.807, 2.05) is 0 Å². The van der Waals surface area contributed by atoms with Gasteiger partial charge in [-0.2, -0.15) is 0 Å². The first-order valence-corrected chi connectivity index (χ1v) is 7.52. The van der Waals surface area contributed by atoms with Crippen LogP contribution in [0.3, 0.4) is 0 Å². The second-order valence-corrected chi connectivity index (χ2v) is 6.34. The van der Waals surface area contributed by atoms with Crippen molar-refractivity contribution in [1.82, 2.24) is 10.2 Å². The Labute approximate surface area is 112 Å². The predicted octanol–water partition coefficient (Wildman–Crippen LogP) is 3.01. The first-order chi connectivity index (χ1) is 8.45. The van der Waals surface area contributed by atoms with Gasteiger partial charge < -0.3 is 4.90 Å². The molecule has 1 aliphatic rings. The molecule has 0 radical (unpaired) electrons. The van der Waals surface area contributed by atoms with Crippen molar-refractivity contribution in [3.05, 3.63) is 0 Å². The number of rotatable bonds is 7. The normalized spacial score (nSPS) is 24.6. The molecule has 18 heavy (non-hydrogen) atoms. The first kappa shape index (κ1) is 15.5. The van der Waals surface area contributed by atoms with E-state index in [0.717, 1.165) is 31.7 Å². The maximum Gasteiger partial charge on any atom is 0.241 e. The molecular weight excluding hydrogens is 224 g/mol. The minimum absolute atomic E-state index is 0.0500. The SMILES string of the molecule is CCC1NC(CC(C)C)C(=O)N1CCCC(C)C. The highest BCUT2D eigenvalue weighted by Crippen LogP contribution is 2.19. The zero-order valence-corrected chi connectivity index (χ0v) is 12.7. The minimum atomic E-state index is 0.0500. The lowest BCUT2D eigenvalue weighted by Gasteiger charge is -2.23. The van der Waals surface area contributed by atoms with Crippen LogP contribution in [0.1, 0.15) is 60.3 Å². The maximum absolute atomic E-state index is 12.3. The van der Waals surface area contributed by atoms with Crippen molar-refractivity contribution in [3.63, 3.8) is 0 Å². The minimum Gasteiger partial charge on any atom is -0.326 e. The third kappa shape index (κ3) is 4.27. The average molecular weight is 254 g/mol. The molecule has 3 nitrogen and oxygen atoms in total. The fourth-order valence-electron chi connectivity index (χ4n) is 2.66. The summed E-state index contributed by atoms with van der Waals surface area (Å²) >= 11 is 0. The Kier molecular flexibility index (Phi) is 6.13. The second-order valence-electron chi connectivity index (χ2n) is 6.34. The number of nitrogens with one attached hydrogen (secondary N) is 1. The Morgan fingerprint density at radius 1 is 1.22 bits per heavy atom. The molecule has 1 saturated heterocycles. The number of hydrogen-bond donors (Lipinski definition) is 1. The van der Waals surface area contributed by atoms with Crippen LogP contribution in [0.4, 0.5) is 0 Å². The predicted molar refractivity (Wildman–Crippen MR) is 76.2 cm³/mol. The van der Waals surface area contributed by atoms with Crippen molar-refractivity contribution in [2.75, 3.05) is 6.54 Å². The smallest absolute Gasteiger partial charge is 0.241 e. The number of amides is 1. The Hall–Kier alpha value is -0.570. The topological polar surface area (TPSA) is 32.3 Å². The molecule has 1 fully saturated rings. The summed E-state index contributed by atoms with van der Waals surface area (Å²) in [4.78, 5) is 14.4. The summed E-state index contributed by atoms with van der Waals surface area (Å²) in [5.74, 6) is 1.61. The van der Waals surface area contributed by atoms with Crippen LogP contribution in [0, 0.1) is 11.8 Å². The Bertz CT molecular complexity index is 263. The lowest BCUT2D eigenvalue weighted by molar-refractivity contribution is -0.130. The van der Waals surface area contributed by atoms with Crippen LogP contribution in [-0.2, 0) is 4.79 Å². The van der Waals surface area contributed by atoms with Crippen molar-refractivity contribution in [2.45, 2.75) is 72.5 Å². The number of hydrogen-bond acceptors (Lipinski definition) is 2. The number of carbonyl (C=O) groups is 1. The fourth-order valence-corrected chi connectivity index (χ4v) is 2.66. The van der Waals surface area contributed by atoms with E-state index < -0.39 is 0 Å². The monoisotopic (exact) mass is 254 g/mol. The molecule has 3 heteroatoms. The third-order valence-corrected chi connectivity index (χ3v) is 3.63. The van der Waals surface area contributed by atoms with Crippen molar-refractivity contribution in [2.24, 2.45) is 11.8 Å². The van der Waals surface area contributed by atoms with Crippen molar-refractivity contribution in [3.8, 4) is 0 Å². The highest BCUT2D eigenvalue weighted by Gasteiger charge is 2.37. The summed E-state index contributed by atoms with van der Waals surface area (Å²) in [6, 6.07) is 0.0500. The summed E-state index contributed by atoms with van der Waals surface area (Å²) < 4.78 is 0. The first-order valence-electron chi connectivity index (χ1n) is 7.52. The molecule has 0 bridgehead atoms. The molecule has 2 unspecified atom stereocenters. The zero-order chi connectivity index (χ0) is 13.7. The molecule has 1 aliphatic heterocycles. The van der Waals surface area contributed by atoms with Crippen molar-refractivity contribution in [1.29, 1.82) is 0 Å². The van der Waals surface area contributed by atoms with Gasteiger partial charge in [0, 0.05) is 6.54 Å². The largest absolute Gasteiger partial charge is 0.326 e. The molecule has 0 spiro atoms. The average Bonchev–Trinajstić information content (AvgIpc) is 2.56. The summed E-state index contributed by atoms with van der Waals surface area (Å²) in [5, 5.41) is 3.49. The van der Waals surface area contributed by atoms with Gasteiger partial charge in [0.05, 0.1) is 12.2 Å². The van der Waals surface area contributed by atoms with Crippen LogP contribution in [0.2, 0.25) is 0 Å². The van der Waals surface area contributed by atoms with Gasteiger partial charge in [0.2, 0.25) is 5.91 Å². The van der Waals surface area contributed by atoms with Gasteiger partial charge in [-0.05, 0) is 37.5 Å². The van der Waals surface area contributed by atoms with E-state index in [0.29, 0.717) is 11.8 Å². The highest BCUT2D eigenvalue weighted by molar-refractivity contribution is 5.84. The number of nitrogens with zero attached hydrogens (tertiary/aromatic N) is 1. The number of carbonyl (C=O) groups excluding carboxylic acids is 1. The summed E-state index contributed by atoms with van der Waals surface area (Å²) in [5.41, 5.74) is 0. The van der Waals surface area contributed by atoms with Gasteiger partial charge in [-0.3, -0.25) is 10.1 Å². The molecule has 1 N–H and O–H groups in total. The van der Waals surface area contributed by atoms with E-state index in [2.05, 4.69) is 44.8 Å². The van der Waals surface area contributed by atoms with E-state index in [4.69, 9.17) is 0 Å². The van der Waals surface area contributed by atoms with Gasteiger partial charge in [-0.15, -0.1) is 0 Å². The molecule has 2 atom stereocenters. The summed E-state index contributed by atoms with van der Waals surface area (Å²) in [7, 11) is 0. The van der Waals surface area contributed by atoms with E-state index in [1.165, 1.54) is 6.42 Å². The van der Waals surface area contributed by atoms with E-state index >= 15 is 0 Å².